The Hall–Kier alpha value is -0.810. The molecule has 0 saturated carbocycles. The van der Waals surface area contributed by atoms with E-state index in [9.17, 15) is 0 Å². The Morgan fingerprint density at radius 3 is 3.15 bits per heavy atom. The van der Waals surface area contributed by atoms with Crippen molar-refractivity contribution in [2.24, 2.45) is 10.9 Å². The molecule has 13 heavy (non-hydrogen) atoms. The normalized spacial score (nSPS) is 23.7. The predicted molar refractivity (Wildman–Crippen MR) is 49.9 cm³/mol. The van der Waals surface area contributed by atoms with Gasteiger partial charge in [0.05, 0.1) is 12.6 Å². The lowest BCUT2D eigenvalue weighted by Crippen LogP contribution is -2.30. The van der Waals surface area contributed by atoms with E-state index in [1.807, 2.05) is 0 Å². The average molecular weight is 187 g/mol. The highest BCUT2D eigenvalue weighted by atomic mass is 16.5. The van der Waals surface area contributed by atoms with Gasteiger partial charge in [-0.1, -0.05) is 5.16 Å². The number of rotatable bonds is 5. The van der Waals surface area contributed by atoms with Gasteiger partial charge >= 0.3 is 0 Å². The van der Waals surface area contributed by atoms with Crippen molar-refractivity contribution in [3.8, 4) is 0 Å². The van der Waals surface area contributed by atoms with Gasteiger partial charge in [0.1, 0.15) is 0 Å². The van der Waals surface area contributed by atoms with E-state index in [1.165, 1.54) is 6.42 Å². The molecule has 0 spiro atoms. The summed E-state index contributed by atoms with van der Waals surface area (Å²) in [6, 6.07) is 0. The van der Waals surface area contributed by atoms with E-state index in [2.05, 4.69) is 10.5 Å². The van der Waals surface area contributed by atoms with Gasteiger partial charge in [0.2, 0.25) is 0 Å². The summed E-state index contributed by atoms with van der Waals surface area (Å²) in [5.41, 5.74) is 5.27. The van der Waals surface area contributed by atoms with E-state index in [0.29, 0.717) is 12.6 Å². The number of hydrogen-bond donors (Lipinski definition) is 3. The molecule has 1 atom stereocenters. The number of ether oxygens (including phenoxy) is 1. The third kappa shape index (κ3) is 4.10. The zero-order valence-electron chi connectivity index (χ0n) is 7.70. The molecule has 0 aromatic heterocycles. The van der Waals surface area contributed by atoms with Crippen molar-refractivity contribution in [2.75, 3.05) is 19.7 Å². The number of nitrogens with zero attached hydrogens (tertiary/aromatic N) is 1. The van der Waals surface area contributed by atoms with Crippen LogP contribution in [0.4, 0.5) is 0 Å². The minimum absolute atomic E-state index is 0.215. The molecular weight excluding hydrogens is 170 g/mol. The lowest BCUT2D eigenvalue weighted by Gasteiger charge is -2.09. The average Bonchev–Trinajstić information content (AvgIpc) is 2.64. The van der Waals surface area contributed by atoms with Crippen LogP contribution in [0.25, 0.3) is 0 Å². The maximum absolute atomic E-state index is 8.24. The first kappa shape index (κ1) is 10.3. The summed E-state index contributed by atoms with van der Waals surface area (Å²) >= 11 is 0. The number of nitrogens with two attached hydrogens (primary N) is 1. The molecule has 1 aliphatic rings. The fourth-order valence-electron chi connectivity index (χ4n) is 1.39. The Morgan fingerprint density at radius 1 is 1.69 bits per heavy atom. The van der Waals surface area contributed by atoms with Crippen molar-refractivity contribution in [1.82, 2.24) is 5.32 Å². The fraction of sp³-hybridized carbons (Fsp3) is 0.875. The second kappa shape index (κ2) is 5.77. The van der Waals surface area contributed by atoms with Crippen LogP contribution in [0.2, 0.25) is 0 Å². The Labute approximate surface area is 77.9 Å². The number of oxime groups is 1. The Kier molecular flexibility index (Phi) is 4.56. The largest absolute Gasteiger partial charge is 0.409 e. The van der Waals surface area contributed by atoms with Crippen LogP contribution in [0, 0.1) is 0 Å². The molecule has 0 aromatic carbocycles. The molecule has 1 aliphatic heterocycles. The Balaban J connectivity index is 1.94. The zero-order valence-corrected chi connectivity index (χ0v) is 7.70. The van der Waals surface area contributed by atoms with Crippen LogP contribution in [-0.4, -0.2) is 36.8 Å². The summed E-state index contributed by atoms with van der Waals surface area (Å²) in [4.78, 5) is 0. The minimum Gasteiger partial charge on any atom is -0.409 e. The van der Waals surface area contributed by atoms with E-state index < -0.39 is 0 Å². The highest BCUT2D eigenvalue weighted by Gasteiger charge is 2.14. The first-order chi connectivity index (χ1) is 6.33. The molecule has 1 saturated heterocycles. The van der Waals surface area contributed by atoms with Gasteiger partial charge in [-0.05, 0) is 25.8 Å². The molecule has 1 unspecified atom stereocenters. The van der Waals surface area contributed by atoms with E-state index in [-0.39, 0.29) is 5.84 Å². The molecule has 0 radical (unpaired) electrons. The molecule has 1 heterocycles. The van der Waals surface area contributed by atoms with Gasteiger partial charge in [-0.25, -0.2) is 0 Å². The summed E-state index contributed by atoms with van der Waals surface area (Å²) in [7, 11) is 0. The highest BCUT2D eigenvalue weighted by molar-refractivity contribution is 5.81. The third-order valence-corrected chi connectivity index (χ3v) is 2.10. The summed E-state index contributed by atoms with van der Waals surface area (Å²) in [5, 5.41) is 14.2. The van der Waals surface area contributed by atoms with Crippen LogP contribution in [-0.2, 0) is 4.74 Å². The van der Waals surface area contributed by atoms with Gasteiger partial charge in [-0.15, -0.1) is 0 Å². The maximum atomic E-state index is 8.24. The topological polar surface area (TPSA) is 79.9 Å². The first-order valence-electron chi connectivity index (χ1n) is 4.61. The quantitative estimate of drug-likeness (QED) is 0.184. The van der Waals surface area contributed by atoms with Crippen molar-refractivity contribution < 1.29 is 9.94 Å². The van der Waals surface area contributed by atoms with E-state index >= 15 is 0 Å². The first-order valence-corrected chi connectivity index (χ1v) is 4.61. The Morgan fingerprint density at radius 2 is 2.54 bits per heavy atom. The third-order valence-electron chi connectivity index (χ3n) is 2.10. The molecular formula is C8H17N3O2. The van der Waals surface area contributed by atoms with Crippen LogP contribution in [0.15, 0.2) is 5.16 Å². The predicted octanol–water partition coefficient (Wildman–Crippen LogP) is -0.109. The monoisotopic (exact) mass is 187 g/mol. The second-order valence-electron chi connectivity index (χ2n) is 3.19. The minimum atomic E-state index is 0.215. The SMILES string of the molecule is NC(CNCCC1CCCO1)=NO. The number of hydrogen-bond acceptors (Lipinski definition) is 4. The lowest BCUT2D eigenvalue weighted by atomic mass is 10.2. The van der Waals surface area contributed by atoms with E-state index in [1.54, 1.807) is 0 Å². The molecule has 5 heteroatoms. The molecule has 76 valence electrons. The van der Waals surface area contributed by atoms with Gasteiger partial charge in [0.15, 0.2) is 5.84 Å². The maximum Gasteiger partial charge on any atom is 0.153 e. The van der Waals surface area contributed by atoms with Gasteiger partial charge in [0, 0.05) is 6.61 Å². The number of amidine groups is 1. The molecule has 0 amide bonds. The van der Waals surface area contributed by atoms with Crippen molar-refractivity contribution in [2.45, 2.75) is 25.4 Å². The van der Waals surface area contributed by atoms with Crippen LogP contribution in [0.1, 0.15) is 19.3 Å². The fourth-order valence-corrected chi connectivity index (χ4v) is 1.39. The molecule has 0 aliphatic carbocycles. The zero-order chi connectivity index (χ0) is 9.52. The lowest BCUT2D eigenvalue weighted by molar-refractivity contribution is 0.104. The molecule has 5 nitrogen and oxygen atoms in total. The molecule has 0 bridgehead atoms. The molecule has 0 aromatic rings. The van der Waals surface area contributed by atoms with Crippen molar-refractivity contribution in [1.29, 1.82) is 0 Å². The molecule has 1 fully saturated rings. The molecule has 4 N–H and O–H groups in total. The second-order valence-corrected chi connectivity index (χ2v) is 3.19. The van der Waals surface area contributed by atoms with Crippen molar-refractivity contribution in [3.63, 3.8) is 0 Å². The summed E-state index contributed by atoms with van der Waals surface area (Å²) in [6.07, 6.45) is 3.73. The standard InChI is InChI=1S/C8H17N3O2/c9-8(11-12)6-10-4-3-7-2-1-5-13-7/h7,10,12H,1-6H2,(H2,9,11). The highest BCUT2D eigenvalue weighted by Crippen LogP contribution is 2.14. The van der Waals surface area contributed by atoms with Gasteiger partial charge in [-0.2, -0.15) is 0 Å². The van der Waals surface area contributed by atoms with E-state index in [0.717, 1.165) is 26.0 Å². The smallest absolute Gasteiger partial charge is 0.153 e. The van der Waals surface area contributed by atoms with Gasteiger partial charge in [-0.3, -0.25) is 0 Å². The van der Waals surface area contributed by atoms with Crippen molar-refractivity contribution >= 4 is 5.84 Å². The van der Waals surface area contributed by atoms with Crippen LogP contribution < -0.4 is 11.1 Å². The number of nitrogens with one attached hydrogen (secondary N) is 1. The van der Waals surface area contributed by atoms with Crippen LogP contribution in [0.5, 0.6) is 0 Å². The summed E-state index contributed by atoms with van der Waals surface area (Å²) in [6.45, 7) is 2.18. The molecule has 1 rings (SSSR count). The Bertz CT molecular complexity index is 167. The van der Waals surface area contributed by atoms with E-state index in [4.69, 9.17) is 15.7 Å². The van der Waals surface area contributed by atoms with Crippen molar-refractivity contribution in [3.05, 3.63) is 0 Å². The van der Waals surface area contributed by atoms with Gasteiger partial charge < -0.3 is 21.0 Å². The summed E-state index contributed by atoms with van der Waals surface area (Å²) in [5.74, 6) is 0.215. The van der Waals surface area contributed by atoms with Gasteiger partial charge in [0.25, 0.3) is 0 Å². The van der Waals surface area contributed by atoms with Crippen LogP contribution in [0.3, 0.4) is 0 Å². The summed E-state index contributed by atoms with van der Waals surface area (Å²) < 4.78 is 5.44. The van der Waals surface area contributed by atoms with Crippen LogP contribution >= 0.6 is 0 Å².